The fourth-order valence-corrected chi connectivity index (χ4v) is 1.73. The molecule has 0 amide bonds. The van der Waals surface area contributed by atoms with E-state index in [4.69, 9.17) is 9.47 Å². The summed E-state index contributed by atoms with van der Waals surface area (Å²) in [7, 11) is 0. The standard InChI is InChI=1S/C10H15NO3/c1-10(2)13-7-9(14-10)6-11-4-3-8(12)5-11/h3-4,9H,5-7H2,1-2H3. The van der Waals surface area contributed by atoms with E-state index in [1.165, 1.54) is 0 Å². The van der Waals surface area contributed by atoms with E-state index in [1.54, 1.807) is 6.08 Å². The largest absolute Gasteiger partial charge is 0.367 e. The molecule has 1 fully saturated rings. The highest BCUT2D eigenvalue weighted by molar-refractivity contribution is 5.93. The van der Waals surface area contributed by atoms with Crippen LogP contribution in [0.15, 0.2) is 12.3 Å². The quantitative estimate of drug-likeness (QED) is 0.647. The van der Waals surface area contributed by atoms with Crippen LogP contribution in [0.4, 0.5) is 0 Å². The van der Waals surface area contributed by atoms with E-state index in [9.17, 15) is 4.79 Å². The molecule has 0 aromatic carbocycles. The maximum absolute atomic E-state index is 11.0. The van der Waals surface area contributed by atoms with E-state index in [-0.39, 0.29) is 11.9 Å². The van der Waals surface area contributed by atoms with Crippen LogP contribution in [0.3, 0.4) is 0 Å². The predicted octanol–water partition coefficient (Wildman–Crippen LogP) is 0.536. The lowest BCUT2D eigenvalue weighted by Crippen LogP contribution is -2.31. The van der Waals surface area contributed by atoms with Crippen LogP contribution < -0.4 is 0 Å². The van der Waals surface area contributed by atoms with E-state index in [0.717, 1.165) is 6.54 Å². The number of hydrogen-bond donors (Lipinski definition) is 0. The molecule has 2 heterocycles. The fourth-order valence-electron chi connectivity index (χ4n) is 1.73. The SMILES string of the molecule is CC1(C)OCC(CN2C=CC(=O)C2)O1. The zero-order valence-corrected chi connectivity index (χ0v) is 8.53. The fraction of sp³-hybridized carbons (Fsp3) is 0.700. The number of ketones is 1. The van der Waals surface area contributed by atoms with Gasteiger partial charge < -0.3 is 14.4 Å². The Labute approximate surface area is 83.5 Å². The molecule has 1 atom stereocenters. The van der Waals surface area contributed by atoms with Gasteiger partial charge in [0.2, 0.25) is 0 Å². The summed E-state index contributed by atoms with van der Waals surface area (Å²) in [6, 6.07) is 0. The van der Waals surface area contributed by atoms with E-state index < -0.39 is 5.79 Å². The van der Waals surface area contributed by atoms with Crippen molar-refractivity contribution >= 4 is 5.78 Å². The van der Waals surface area contributed by atoms with Crippen LogP contribution in [0.2, 0.25) is 0 Å². The summed E-state index contributed by atoms with van der Waals surface area (Å²) < 4.78 is 11.1. The summed E-state index contributed by atoms with van der Waals surface area (Å²) in [6.45, 7) is 5.60. The predicted molar refractivity (Wildman–Crippen MR) is 50.6 cm³/mol. The number of nitrogens with zero attached hydrogens (tertiary/aromatic N) is 1. The second-order valence-electron chi connectivity index (χ2n) is 4.16. The van der Waals surface area contributed by atoms with Gasteiger partial charge in [-0.25, -0.2) is 0 Å². The molecular weight excluding hydrogens is 182 g/mol. The van der Waals surface area contributed by atoms with Crippen LogP contribution >= 0.6 is 0 Å². The minimum absolute atomic E-state index is 0.0700. The molecule has 4 nitrogen and oxygen atoms in total. The monoisotopic (exact) mass is 197 g/mol. The van der Waals surface area contributed by atoms with Crippen LogP contribution in [0.5, 0.6) is 0 Å². The third kappa shape index (κ3) is 2.13. The molecular formula is C10H15NO3. The van der Waals surface area contributed by atoms with Gasteiger partial charge in [0.05, 0.1) is 13.2 Å². The van der Waals surface area contributed by atoms with Crippen LogP contribution in [-0.4, -0.2) is 42.3 Å². The van der Waals surface area contributed by atoms with E-state index in [2.05, 4.69) is 0 Å². The lowest BCUT2D eigenvalue weighted by atomic mass is 10.3. The van der Waals surface area contributed by atoms with E-state index >= 15 is 0 Å². The van der Waals surface area contributed by atoms with Gasteiger partial charge in [-0.15, -0.1) is 0 Å². The van der Waals surface area contributed by atoms with Gasteiger partial charge in [-0.2, -0.15) is 0 Å². The second kappa shape index (κ2) is 3.37. The molecule has 0 bridgehead atoms. The highest BCUT2D eigenvalue weighted by Gasteiger charge is 2.33. The maximum Gasteiger partial charge on any atom is 0.176 e. The van der Waals surface area contributed by atoms with Gasteiger partial charge in [0.25, 0.3) is 0 Å². The Morgan fingerprint density at radius 2 is 2.43 bits per heavy atom. The van der Waals surface area contributed by atoms with Crippen molar-refractivity contribution in [2.45, 2.75) is 25.7 Å². The minimum atomic E-state index is -0.474. The van der Waals surface area contributed by atoms with Crippen LogP contribution in [0.1, 0.15) is 13.8 Å². The van der Waals surface area contributed by atoms with Gasteiger partial charge in [0.1, 0.15) is 6.10 Å². The second-order valence-corrected chi connectivity index (χ2v) is 4.16. The van der Waals surface area contributed by atoms with Gasteiger partial charge in [-0.1, -0.05) is 0 Å². The normalized spacial score (nSPS) is 30.3. The molecule has 0 aromatic rings. The summed E-state index contributed by atoms with van der Waals surface area (Å²) in [5, 5.41) is 0. The van der Waals surface area contributed by atoms with Crippen molar-refractivity contribution in [2.75, 3.05) is 19.7 Å². The Kier molecular flexibility index (Phi) is 2.33. The first-order valence-corrected chi connectivity index (χ1v) is 4.82. The number of ether oxygens (including phenoxy) is 2. The first kappa shape index (κ1) is 9.68. The molecule has 2 aliphatic heterocycles. The van der Waals surface area contributed by atoms with Crippen molar-refractivity contribution in [2.24, 2.45) is 0 Å². The Morgan fingerprint density at radius 1 is 1.64 bits per heavy atom. The summed E-state index contributed by atoms with van der Waals surface area (Å²) in [6.07, 6.45) is 3.48. The summed E-state index contributed by atoms with van der Waals surface area (Å²) in [5.74, 6) is -0.318. The number of rotatable bonds is 2. The van der Waals surface area contributed by atoms with Gasteiger partial charge in [0.15, 0.2) is 11.6 Å². The number of hydrogen-bond acceptors (Lipinski definition) is 4. The summed E-state index contributed by atoms with van der Waals surface area (Å²) in [4.78, 5) is 12.9. The topological polar surface area (TPSA) is 38.8 Å². The van der Waals surface area contributed by atoms with Crippen LogP contribution in [0.25, 0.3) is 0 Å². The minimum Gasteiger partial charge on any atom is -0.367 e. The first-order chi connectivity index (χ1) is 6.55. The Bertz CT molecular complexity index is 273. The van der Waals surface area contributed by atoms with Gasteiger partial charge in [-0.05, 0) is 19.9 Å². The van der Waals surface area contributed by atoms with Crippen LogP contribution in [0, 0.1) is 0 Å². The zero-order valence-electron chi connectivity index (χ0n) is 8.53. The molecule has 14 heavy (non-hydrogen) atoms. The molecule has 0 spiro atoms. The number of carbonyl (C=O) groups is 1. The molecule has 0 aliphatic carbocycles. The lowest BCUT2D eigenvalue weighted by Gasteiger charge is -2.20. The van der Waals surface area contributed by atoms with Crippen LogP contribution in [-0.2, 0) is 14.3 Å². The first-order valence-electron chi connectivity index (χ1n) is 4.82. The third-order valence-electron chi connectivity index (χ3n) is 2.34. The highest BCUT2D eigenvalue weighted by Crippen LogP contribution is 2.23. The highest BCUT2D eigenvalue weighted by atomic mass is 16.7. The zero-order chi connectivity index (χ0) is 10.2. The summed E-state index contributed by atoms with van der Waals surface area (Å²) in [5.41, 5.74) is 0. The molecule has 2 rings (SSSR count). The molecule has 1 unspecified atom stereocenters. The average molecular weight is 197 g/mol. The van der Waals surface area contributed by atoms with Crippen molar-refractivity contribution in [3.63, 3.8) is 0 Å². The van der Waals surface area contributed by atoms with Crippen molar-refractivity contribution in [3.05, 3.63) is 12.3 Å². The lowest BCUT2D eigenvalue weighted by molar-refractivity contribution is -0.139. The van der Waals surface area contributed by atoms with E-state index in [1.807, 2.05) is 24.9 Å². The van der Waals surface area contributed by atoms with Crippen molar-refractivity contribution in [3.8, 4) is 0 Å². The number of carbonyl (C=O) groups excluding carboxylic acids is 1. The summed E-state index contributed by atoms with van der Waals surface area (Å²) >= 11 is 0. The van der Waals surface area contributed by atoms with Crippen molar-refractivity contribution in [1.29, 1.82) is 0 Å². The molecule has 0 N–H and O–H groups in total. The average Bonchev–Trinajstić information content (AvgIpc) is 2.59. The Balaban J connectivity index is 1.82. The Hall–Kier alpha value is -0.870. The molecule has 78 valence electrons. The molecule has 0 saturated carbocycles. The van der Waals surface area contributed by atoms with Gasteiger partial charge in [-0.3, -0.25) is 4.79 Å². The van der Waals surface area contributed by atoms with Crippen molar-refractivity contribution in [1.82, 2.24) is 4.90 Å². The molecule has 0 aromatic heterocycles. The smallest absolute Gasteiger partial charge is 0.176 e. The van der Waals surface area contributed by atoms with E-state index in [0.29, 0.717) is 13.2 Å². The maximum atomic E-state index is 11.0. The van der Waals surface area contributed by atoms with Crippen molar-refractivity contribution < 1.29 is 14.3 Å². The third-order valence-corrected chi connectivity index (χ3v) is 2.34. The molecule has 0 radical (unpaired) electrons. The molecule has 2 aliphatic rings. The van der Waals surface area contributed by atoms with Gasteiger partial charge >= 0.3 is 0 Å². The van der Waals surface area contributed by atoms with Gasteiger partial charge in [0, 0.05) is 12.7 Å². The Morgan fingerprint density at radius 3 is 2.93 bits per heavy atom. The molecule has 4 heteroatoms. The molecule has 1 saturated heterocycles.